The molecule has 1 aliphatic rings. The van der Waals surface area contributed by atoms with Crippen LogP contribution < -0.4 is 0 Å². The summed E-state index contributed by atoms with van der Waals surface area (Å²) >= 11 is 0. The average Bonchev–Trinajstić information content (AvgIpc) is 2.51. The lowest BCUT2D eigenvalue weighted by Gasteiger charge is -2.19. The van der Waals surface area contributed by atoms with Crippen LogP contribution in [0.2, 0.25) is 0 Å². The molecule has 0 spiro atoms. The predicted molar refractivity (Wildman–Crippen MR) is 46.6 cm³/mol. The summed E-state index contributed by atoms with van der Waals surface area (Å²) in [6.07, 6.45) is 2.44. The van der Waals surface area contributed by atoms with Crippen LogP contribution in [0.3, 0.4) is 0 Å². The first-order valence-electron chi connectivity index (χ1n) is 4.26. The Morgan fingerprint density at radius 1 is 1.50 bits per heavy atom. The average molecular weight is 169 g/mol. The fourth-order valence-corrected chi connectivity index (χ4v) is 1.31. The second-order valence-corrected chi connectivity index (χ2v) is 3.04. The van der Waals surface area contributed by atoms with Gasteiger partial charge in [0, 0.05) is 25.7 Å². The number of carbonyl (C=O) groups excluding carboxylic acids is 1. The fraction of sp³-hybridized carbons (Fsp3) is 0.667. The Labute approximate surface area is 73.0 Å². The Morgan fingerprint density at radius 2 is 2.08 bits per heavy atom. The highest BCUT2D eigenvalue weighted by molar-refractivity contribution is 5.66. The van der Waals surface area contributed by atoms with Gasteiger partial charge >= 0.3 is 5.97 Å². The summed E-state index contributed by atoms with van der Waals surface area (Å²) in [5.74, 6) is -0.240. The van der Waals surface area contributed by atoms with Gasteiger partial charge < -0.3 is 9.64 Å². The van der Waals surface area contributed by atoms with Crippen molar-refractivity contribution in [1.82, 2.24) is 4.90 Å². The van der Waals surface area contributed by atoms with Gasteiger partial charge in [-0.2, -0.15) is 0 Å². The molecule has 12 heavy (non-hydrogen) atoms. The van der Waals surface area contributed by atoms with Gasteiger partial charge in [-0.3, -0.25) is 4.79 Å². The van der Waals surface area contributed by atoms with Gasteiger partial charge in [-0.25, -0.2) is 0 Å². The van der Waals surface area contributed by atoms with E-state index in [1.54, 1.807) is 0 Å². The molecule has 3 heteroatoms. The van der Waals surface area contributed by atoms with E-state index >= 15 is 0 Å². The van der Waals surface area contributed by atoms with Gasteiger partial charge in [0.1, 0.15) is 6.61 Å². The third kappa shape index (κ3) is 2.57. The molecule has 0 atom stereocenters. The van der Waals surface area contributed by atoms with E-state index in [1.165, 1.54) is 19.8 Å². The molecule has 3 nitrogen and oxygen atoms in total. The Morgan fingerprint density at radius 3 is 2.58 bits per heavy atom. The Kier molecular flexibility index (Phi) is 3.14. The largest absolute Gasteiger partial charge is 0.459 e. The minimum Gasteiger partial charge on any atom is -0.459 e. The van der Waals surface area contributed by atoms with Crippen molar-refractivity contribution in [3.63, 3.8) is 0 Å². The first kappa shape index (κ1) is 9.10. The summed E-state index contributed by atoms with van der Waals surface area (Å²) in [5, 5.41) is 0. The van der Waals surface area contributed by atoms with Gasteiger partial charge in [-0.15, -0.1) is 0 Å². The van der Waals surface area contributed by atoms with Gasteiger partial charge in [-0.05, 0) is 12.8 Å². The highest BCUT2D eigenvalue weighted by Crippen LogP contribution is 2.12. The van der Waals surface area contributed by atoms with E-state index in [4.69, 9.17) is 4.74 Å². The van der Waals surface area contributed by atoms with Crippen LogP contribution in [-0.4, -0.2) is 30.6 Å². The SMILES string of the molecule is C=C(COC(C)=O)N1CCCC1. The van der Waals surface area contributed by atoms with Crippen LogP contribution in [0, 0.1) is 0 Å². The number of carbonyl (C=O) groups is 1. The molecule has 0 N–H and O–H groups in total. The number of ether oxygens (including phenoxy) is 1. The minimum absolute atomic E-state index is 0.240. The summed E-state index contributed by atoms with van der Waals surface area (Å²) in [5.41, 5.74) is 0.919. The van der Waals surface area contributed by atoms with Gasteiger partial charge in [0.05, 0.1) is 0 Å². The van der Waals surface area contributed by atoms with Crippen LogP contribution in [0.25, 0.3) is 0 Å². The molecule has 1 fully saturated rings. The van der Waals surface area contributed by atoms with Crippen LogP contribution in [0.5, 0.6) is 0 Å². The van der Waals surface area contributed by atoms with Gasteiger partial charge in [-0.1, -0.05) is 6.58 Å². The molecule has 1 saturated heterocycles. The Hall–Kier alpha value is -0.990. The van der Waals surface area contributed by atoms with Gasteiger partial charge in [0.25, 0.3) is 0 Å². The Balaban J connectivity index is 2.23. The molecular weight excluding hydrogens is 154 g/mol. The van der Waals surface area contributed by atoms with E-state index < -0.39 is 0 Å². The molecule has 0 aromatic carbocycles. The van der Waals surface area contributed by atoms with Crippen LogP contribution in [0.1, 0.15) is 19.8 Å². The van der Waals surface area contributed by atoms with E-state index in [0.717, 1.165) is 18.8 Å². The van der Waals surface area contributed by atoms with Gasteiger partial charge in [0.15, 0.2) is 0 Å². The second-order valence-electron chi connectivity index (χ2n) is 3.04. The molecule has 0 aromatic heterocycles. The lowest BCUT2D eigenvalue weighted by Crippen LogP contribution is -2.21. The Bertz CT molecular complexity index is 183. The maximum absolute atomic E-state index is 10.5. The van der Waals surface area contributed by atoms with E-state index in [0.29, 0.717) is 6.61 Å². The highest BCUT2D eigenvalue weighted by atomic mass is 16.5. The third-order valence-electron chi connectivity index (χ3n) is 2.00. The highest BCUT2D eigenvalue weighted by Gasteiger charge is 2.13. The number of hydrogen-bond acceptors (Lipinski definition) is 3. The quantitative estimate of drug-likeness (QED) is 0.594. The van der Waals surface area contributed by atoms with Crippen LogP contribution in [0.4, 0.5) is 0 Å². The van der Waals surface area contributed by atoms with Crippen molar-refractivity contribution < 1.29 is 9.53 Å². The summed E-state index contributed by atoms with van der Waals surface area (Å²) in [6, 6.07) is 0. The van der Waals surface area contributed by atoms with E-state index in [2.05, 4.69) is 11.5 Å². The van der Waals surface area contributed by atoms with E-state index in [-0.39, 0.29) is 5.97 Å². The molecule has 1 aliphatic heterocycles. The van der Waals surface area contributed by atoms with E-state index in [1.807, 2.05) is 0 Å². The van der Waals surface area contributed by atoms with Crippen molar-refractivity contribution in [3.8, 4) is 0 Å². The van der Waals surface area contributed by atoms with Crippen LogP contribution >= 0.6 is 0 Å². The molecule has 0 bridgehead atoms. The summed E-state index contributed by atoms with van der Waals surface area (Å²) in [7, 11) is 0. The predicted octanol–water partition coefficient (Wildman–Crippen LogP) is 1.16. The third-order valence-corrected chi connectivity index (χ3v) is 2.00. The number of likely N-dealkylation sites (tertiary alicyclic amines) is 1. The number of esters is 1. The molecule has 0 amide bonds. The van der Waals surface area contributed by atoms with Crippen LogP contribution in [-0.2, 0) is 9.53 Å². The van der Waals surface area contributed by atoms with Crippen molar-refractivity contribution >= 4 is 5.97 Å². The van der Waals surface area contributed by atoms with Crippen molar-refractivity contribution in [1.29, 1.82) is 0 Å². The molecule has 0 radical (unpaired) electrons. The first-order valence-corrected chi connectivity index (χ1v) is 4.26. The molecule has 0 aliphatic carbocycles. The zero-order valence-corrected chi connectivity index (χ0v) is 7.51. The number of nitrogens with zero attached hydrogens (tertiary/aromatic N) is 1. The second kappa shape index (κ2) is 4.14. The van der Waals surface area contributed by atoms with Crippen molar-refractivity contribution in [2.45, 2.75) is 19.8 Å². The molecule has 1 rings (SSSR count). The van der Waals surface area contributed by atoms with E-state index in [9.17, 15) is 4.79 Å². The maximum atomic E-state index is 10.5. The zero-order valence-electron chi connectivity index (χ0n) is 7.51. The van der Waals surface area contributed by atoms with Crippen molar-refractivity contribution in [2.24, 2.45) is 0 Å². The molecule has 0 saturated carbocycles. The first-order chi connectivity index (χ1) is 5.70. The lowest BCUT2D eigenvalue weighted by atomic mass is 10.4. The molecule has 68 valence electrons. The van der Waals surface area contributed by atoms with Gasteiger partial charge in [0.2, 0.25) is 0 Å². The lowest BCUT2D eigenvalue weighted by molar-refractivity contribution is -0.140. The summed E-state index contributed by atoms with van der Waals surface area (Å²) < 4.78 is 4.84. The monoisotopic (exact) mass is 169 g/mol. The number of rotatable bonds is 3. The topological polar surface area (TPSA) is 29.5 Å². The number of hydrogen-bond donors (Lipinski definition) is 0. The standard InChI is InChI=1S/C9H15NO2/c1-8(7-12-9(2)11)10-5-3-4-6-10/h1,3-7H2,2H3. The molecule has 1 heterocycles. The molecule has 0 unspecified atom stereocenters. The molecule has 0 aromatic rings. The summed E-state index contributed by atoms with van der Waals surface area (Å²) in [4.78, 5) is 12.7. The fourth-order valence-electron chi connectivity index (χ4n) is 1.31. The van der Waals surface area contributed by atoms with Crippen molar-refractivity contribution in [2.75, 3.05) is 19.7 Å². The van der Waals surface area contributed by atoms with Crippen LogP contribution in [0.15, 0.2) is 12.3 Å². The van der Waals surface area contributed by atoms with Crippen molar-refractivity contribution in [3.05, 3.63) is 12.3 Å². The normalized spacial score (nSPS) is 16.2. The molecular formula is C9H15NO2. The smallest absolute Gasteiger partial charge is 0.303 e. The zero-order chi connectivity index (χ0) is 8.97. The summed E-state index contributed by atoms with van der Waals surface area (Å²) in [6.45, 7) is 7.73. The maximum Gasteiger partial charge on any atom is 0.303 e. The minimum atomic E-state index is -0.240.